The van der Waals surface area contributed by atoms with Crippen molar-refractivity contribution in [3.8, 4) is 0 Å². The first kappa shape index (κ1) is 22.2. The van der Waals surface area contributed by atoms with Crippen LogP contribution in [0, 0.1) is 11.8 Å². The molecule has 1 saturated heterocycles. The second-order valence-electron chi connectivity index (χ2n) is 8.45. The number of benzene rings is 1. The Morgan fingerprint density at radius 1 is 1.24 bits per heavy atom. The van der Waals surface area contributed by atoms with E-state index in [1.54, 1.807) is 24.3 Å². The topological polar surface area (TPSA) is 92.3 Å². The standard InChI is InChI=1S/C21H33N3O4S/c1-15-6-4-9-20(16(15)2)22-17(3)21(25)23-18-7-5-8-19(14-18)29(26,27)24-10-12-28-13-11-24/h5,7-8,14-17,20,22H,4,6,9-13H2,1-3H3,(H,23,25)/p+1/t15-,16-,17+,20+/m1/s1. The Kier molecular flexibility index (Phi) is 7.32. The molecule has 1 aliphatic carbocycles. The molecule has 0 aromatic heterocycles. The summed E-state index contributed by atoms with van der Waals surface area (Å²) in [6, 6.07) is 6.73. The maximum atomic E-state index is 12.8. The van der Waals surface area contributed by atoms with Crippen LogP contribution in [0.3, 0.4) is 0 Å². The third-order valence-electron chi connectivity index (χ3n) is 6.43. The summed E-state index contributed by atoms with van der Waals surface area (Å²) in [5.74, 6) is 1.17. The molecule has 1 aliphatic heterocycles. The summed E-state index contributed by atoms with van der Waals surface area (Å²) in [7, 11) is -3.58. The van der Waals surface area contributed by atoms with Crippen LogP contribution in [0.1, 0.15) is 40.0 Å². The molecule has 0 spiro atoms. The predicted molar refractivity (Wildman–Crippen MR) is 112 cm³/mol. The minimum Gasteiger partial charge on any atom is -0.379 e. The number of quaternary nitrogens is 1. The van der Waals surface area contributed by atoms with Crippen LogP contribution in [0.25, 0.3) is 0 Å². The van der Waals surface area contributed by atoms with Crippen LogP contribution in [0.15, 0.2) is 29.2 Å². The molecule has 4 atom stereocenters. The number of nitrogens with one attached hydrogen (secondary N) is 1. The highest BCUT2D eigenvalue weighted by Gasteiger charge is 2.32. The van der Waals surface area contributed by atoms with E-state index in [0.717, 1.165) is 6.42 Å². The Labute approximate surface area is 174 Å². The summed E-state index contributed by atoms with van der Waals surface area (Å²) < 4.78 is 32.4. The highest BCUT2D eigenvalue weighted by atomic mass is 32.2. The van der Waals surface area contributed by atoms with Gasteiger partial charge in [0.15, 0.2) is 6.04 Å². The molecule has 8 heteroatoms. The van der Waals surface area contributed by atoms with Crippen molar-refractivity contribution in [2.45, 2.75) is 57.0 Å². The van der Waals surface area contributed by atoms with E-state index in [2.05, 4.69) is 24.5 Å². The molecule has 3 rings (SSSR count). The summed E-state index contributed by atoms with van der Waals surface area (Å²) in [5.41, 5.74) is 0.509. The molecule has 3 N–H and O–H groups in total. The van der Waals surface area contributed by atoms with Crippen LogP contribution in [0.5, 0.6) is 0 Å². The smallest absolute Gasteiger partial charge is 0.282 e. The largest absolute Gasteiger partial charge is 0.379 e. The van der Waals surface area contributed by atoms with Crippen LogP contribution in [-0.4, -0.2) is 57.0 Å². The van der Waals surface area contributed by atoms with Gasteiger partial charge in [0.25, 0.3) is 5.91 Å². The van der Waals surface area contributed by atoms with Crippen LogP contribution in [0.2, 0.25) is 0 Å². The molecule has 1 amide bonds. The maximum Gasteiger partial charge on any atom is 0.282 e. The van der Waals surface area contributed by atoms with E-state index in [1.165, 1.54) is 17.1 Å². The lowest BCUT2D eigenvalue weighted by molar-refractivity contribution is -0.715. The lowest BCUT2D eigenvalue weighted by Gasteiger charge is -2.33. The molecule has 2 aliphatic rings. The molecule has 1 aromatic rings. The number of hydrogen-bond donors (Lipinski definition) is 2. The third kappa shape index (κ3) is 5.36. The lowest BCUT2D eigenvalue weighted by Crippen LogP contribution is -2.97. The van der Waals surface area contributed by atoms with Crippen molar-refractivity contribution in [1.82, 2.24) is 4.31 Å². The van der Waals surface area contributed by atoms with Gasteiger partial charge in [0, 0.05) is 24.7 Å². The number of carbonyl (C=O) groups excluding carboxylic acids is 1. The highest BCUT2D eigenvalue weighted by Crippen LogP contribution is 2.27. The number of carbonyl (C=O) groups is 1. The summed E-state index contributed by atoms with van der Waals surface area (Å²) in [6.07, 6.45) is 3.61. The van der Waals surface area contributed by atoms with Crippen molar-refractivity contribution in [3.63, 3.8) is 0 Å². The van der Waals surface area contributed by atoms with Gasteiger partial charge in [-0.25, -0.2) is 8.42 Å². The molecule has 0 unspecified atom stereocenters. The fourth-order valence-corrected chi connectivity index (χ4v) is 5.73. The molecule has 0 radical (unpaired) electrons. The SMILES string of the molecule is C[C@@H]1[C@H](C)CCC[C@@H]1[NH2+][C@@H](C)C(=O)Nc1cccc(S(=O)(=O)N2CCOCC2)c1. The van der Waals surface area contributed by atoms with Gasteiger partial charge in [-0.05, 0) is 50.3 Å². The van der Waals surface area contributed by atoms with Crippen molar-refractivity contribution in [2.24, 2.45) is 11.8 Å². The number of morpholine rings is 1. The van der Waals surface area contributed by atoms with Gasteiger partial charge < -0.3 is 15.4 Å². The Morgan fingerprint density at radius 2 is 1.97 bits per heavy atom. The van der Waals surface area contributed by atoms with Crippen molar-refractivity contribution < 1.29 is 23.3 Å². The number of sulfonamides is 1. The van der Waals surface area contributed by atoms with Gasteiger partial charge in [-0.2, -0.15) is 4.31 Å². The minimum absolute atomic E-state index is 0.101. The van der Waals surface area contributed by atoms with E-state index in [9.17, 15) is 13.2 Å². The van der Waals surface area contributed by atoms with Gasteiger partial charge in [0.1, 0.15) is 0 Å². The quantitative estimate of drug-likeness (QED) is 0.722. The number of anilines is 1. The Balaban J connectivity index is 1.64. The minimum atomic E-state index is -3.58. The zero-order valence-electron chi connectivity index (χ0n) is 17.6. The molecule has 1 saturated carbocycles. The third-order valence-corrected chi connectivity index (χ3v) is 8.32. The van der Waals surface area contributed by atoms with Crippen LogP contribution < -0.4 is 10.6 Å². The van der Waals surface area contributed by atoms with Gasteiger partial charge in [0.2, 0.25) is 10.0 Å². The molecule has 7 nitrogen and oxygen atoms in total. The Bertz CT molecular complexity index is 808. The number of ether oxygens (including phenoxy) is 1. The van der Waals surface area contributed by atoms with Gasteiger partial charge in [-0.1, -0.05) is 19.9 Å². The zero-order valence-corrected chi connectivity index (χ0v) is 18.5. The molecule has 0 bridgehead atoms. The van der Waals surface area contributed by atoms with E-state index >= 15 is 0 Å². The van der Waals surface area contributed by atoms with Crippen molar-refractivity contribution in [1.29, 1.82) is 0 Å². The fraction of sp³-hybridized carbons (Fsp3) is 0.667. The fourth-order valence-electron chi connectivity index (χ4n) is 4.28. The van der Waals surface area contributed by atoms with Crippen LogP contribution >= 0.6 is 0 Å². The molecule has 2 fully saturated rings. The van der Waals surface area contributed by atoms with Gasteiger partial charge in [-0.15, -0.1) is 0 Å². The van der Waals surface area contributed by atoms with Gasteiger partial charge in [-0.3, -0.25) is 4.79 Å². The average Bonchev–Trinajstić information content (AvgIpc) is 2.72. The first-order valence-corrected chi connectivity index (χ1v) is 12.1. The second kappa shape index (κ2) is 9.55. The van der Waals surface area contributed by atoms with Gasteiger partial charge >= 0.3 is 0 Å². The average molecular weight is 425 g/mol. The normalized spacial score (nSPS) is 27.3. The van der Waals surface area contributed by atoms with Crippen LogP contribution in [-0.2, 0) is 19.6 Å². The zero-order chi connectivity index (χ0) is 21.0. The molecule has 1 aromatic carbocycles. The number of nitrogens with two attached hydrogens (primary N) is 1. The molecular formula is C21H34N3O4S+. The molecule has 162 valence electrons. The van der Waals surface area contributed by atoms with E-state index in [-0.39, 0.29) is 16.8 Å². The van der Waals surface area contributed by atoms with E-state index in [1.807, 2.05) is 6.92 Å². The first-order chi connectivity index (χ1) is 13.8. The second-order valence-corrected chi connectivity index (χ2v) is 10.4. The van der Waals surface area contributed by atoms with E-state index in [4.69, 9.17) is 4.74 Å². The number of nitrogens with zero attached hydrogens (tertiary/aromatic N) is 1. The molecular weight excluding hydrogens is 390 g/mol. The maximum absolute atomic E-state index is 12.8. The number of hydrogen-bond acceptors (Lipinski definition) is 4. The highest BCUT2D eigenvalue weighted by molar-refractivity contribution is 7.89. The predicted octanol–water partition coefficient (Wildman–Crippen LogP) is 1.42. The van der Waals surface area contributed by atoms with E-state index in [0.29, 0.717) is 49.9 Å². The Hall–Kier alpha value is -1.48. The van der Waals surface area contributed by atoms with Crippen molar-refractivity contribution in [2.75, 3.05) is 31.6 Å². The summed E-state index contributed by atoms with van der Waals surface area (Å²) >= 11 is 0. The van der Waals surface area contributed by atoms with Crippen molar-refractivity contribution in [3.05, 3.63) is 24.3 Å². The van der Waals surface area contributed by atoms with Gasteiger partial charge in [0.05, 0.1) is 24.2 Å². The summed E-state index contributed by atoms with van der Waals surface area (Å²) in [6.45, 7) is 7.98. The van der Waals surface area contributed by atoms with E-state index < -0.39 is 10.0 Å². The number of rotatable bonds is 6. The van der Waals surface area contributed by atoms with Crippen molar-refractivity contribution >= 4 is 21.6 Å². The molecule has 29 heavy (non-hydrogen) atoms. The summed E-state index contributed by atoms with van der Waals surface area (Å²) in [5, 5.41) is 5.07. The van der Waals surface area contributed by atoms with Crippen LogP contribution in [0.4, 0.5) is 5.69 Å². The molecule has 1 heterocycles. The first-order valence-electron chi connectivity index (χ1n) is 10.6. The lowest BCUT2D eigenvalue weighted by atomic mass is 9.78. The number of amides is 1. The monoisotopic (exact) mass is 424 g/mol. The Morgan fingerprint density at radius 3 is 2.69 bits per heavy atom. The summed E-state index contributed by atoms with van der Waals surface area (Å²) in [4.78, 5) is 12.9.